The molecular weight excluding hydrogens is 325 g/mol. The number of ether oxygens (including phenoxy) is 1. The normalized spacial score (nSPS) is 24.9. The van der Waals surface area contributed by atoms with E-state index in [4.69, 9.17) is 15.6 Å². The summed E-state index contributed by atoms with van der Waals surface area (Å²) >= 11 is 2.02. The number of aliphatic hydroxyl groups is 1. The van der Waals surface area contributed by atoms with E-state index in [0.717, 1.165) is 6.42 Å². The van der Waals surface area contributed by atoms with Crippen LogP contribution in [0.3, 0.4) is 0 Å². The minimum atomic E-state index is -0.415. The van der Waals surface area contributed by atoms with Crippen molar-refractivity contribution in [3.05, 3.63) is 20.3 Å². The van der Waals surface area contributed by atoms with Crippen molar-refractivity contribution in [3.8, 4) is 0 Å². The van der Waals surface area contributed by atoms with E-state index in [1.165, 1.54) is 4.57 Å². The molecule has 88 valence electrons. The lowest BCUT2D eigenvalue weighted by Crippen LogP contribution is -2.28. The van der Waals surface area contributed by atoms with Gasteiger partial charge in [-0.25, -0.2) is 4.79 Å². The maximum absolute atomic E-state index is 11.6. The first-order valence-electron chi connectivity index (χ1n) is 4.92. The number of hydrogen-bond acceptors (Lipinski definition) is 5. The van der Waals surface area contributed by atoms with E-state index in [9.17, 15) is 4.79 Å². The van der Waals surface area contributed by atoms with E-state index in [2.05, 4.69) is 4.98 Å². The molecule has 0 radical (unpaired) electrons. The molecule has 16 heavy (non-hydrogen) atoms. The quantitative estimate of drug-likeness (QED) is 0.747. The molecule has 1 aromatic heterocycles. The van der Waals surface area contributed by atoms with Crippen LogP contribution in [-0.2, 0) is 4.74 Å². The second kappa shape index (κ2) is 4.68. The highest BCUT2D eigenvalue weighted by Crippen LogP contribution is 2.27. The average Bonchev–Trinajstić information content (AvgIpc) is 2.71. The van der Waals surface area contributed by atoms with Gasteiger partial charge in [0.1, 0.15) is 12.0 Å². The smallest absolute Gasteiger partial charge is 0.351 e. The summed E-state index contributed by atoms with van der Waals surface area (Å²) in [5, 5.41) is 8.95. The predicted molar refractivity (Wildman–Crippen MR) is 65.9 cm³/mol. The van der Waals surface area contributed by atoms with E-state index in [1.54, 1.807) is 6.20 Å². The van der Waals surface area contributed by atoms with Gasteiger partial charge in [0.05, 0.1) is 16.3 Å². The lowest BCUT2D eigenvalue weighted by molar-refractivity contribution is -0.0246. The zero-order valence-corrected chi connectivity index (χ0v) is 10.6. The minimum absolute atomic E-state index is 0.0231. The Morgan fingerprint density at radius 2 is 2.44 bits per heavy atom. The fourth-order valence-corrected chi connectivity index (χ4v) is 2.11. The summed E-state index contributed by atoms with van der Waals surface area (Å²) in [4.78, 5) is 15.3. The molecule has 0 amide bonds. The molecule has 1 aromatic rings. The zero-order valence-electron chi connectivity index (χ0n) is 8.47. The fraction of sp³-hybridized carbons (Fsp3) is 0.556. The van der Waals surface area contributed by atoms with Gasteiger partial charge in [0.2, 0.25) is 0 Å². The lowest BCUT2D eigenvalue weighted by atomic mass is 10.2. The second-order valence-corrected chi connectivity index (χ2v) is 4.80. The van der Waals surface area contributed by atoms with E-state index < -0.39 is 5.69 Å². The summed E-state index contributed by atoms with van der Waals surface area (Å²) in [5.41, 5.74) is 5.11. The van der Waals surface area contributed by atoms with Gasteiger partial charge in [-0.2, -0.15) is 4.98 Å². The largest absolute Gasteiger partial charge is 0.394 e. The van der Waals surface area contributed by atoms with Crippen molar-refractivity contribution >= 4 is 28.4 Å². The third-order valence-corrected chi connectivity index (χ3v) is 3.36. The summed E-state index contributed by atoms with van der Waals surface area (Å²) in [6.07, 6.45) is 2.55. The maximum atomic E-state index is 11.6. The van der Waals surface area contributed by atoms with Gasteiger partial charge < -0.3 is 15.6 Å². The molecule has 0 aromatic carbocycles. The van der Waals surface area contributed by atoms with Crippen molar-refractivity contribution in [3.63, 3.8) is 0 Å². The summed E-state index contributed by atoms with van der Waals surface area (Å²) in [6, 6.07) is 0. The van der Waals surface area contributed by atoms with Gasteiger partial charge in [-0.1, -0.05) is 0 Å². The highest BCUT2D eigenvalue weighted by atomic mass is 127. The number of aliphatic hydroxyl groups excluding tert-OH is 1. The fourth-order valence-electron chi connectivity index (χ4n) is 1.69. The second-order valence-electron chi connectivity index (χ2n) is 3.64. The molecule has 2 atom stereocenters. The molecule has 1 aliphatic rings. The van der Waals surface area contributed by atoms with Gasteiger partial charge in [0, 0.05) is 6.20 Å². The molecule has 7 heteroatoms. The number of rotatable bonds is 2. The van der Waals surface area contributed by atoms with Gasteiger partial charge in [-0.05, 0) is 35.4 Å². The molecule has 1 saturated heterocycles. The number of anilines is 1. The van der Waals surface area contributed by atoms with Crippen LogP contribution in [0.2, 0.25) is 0 Å². The van der Waals surface area contributed by atoms with Crippen LogP contribution in [0, 0.1) is 3.57 Å². The topological polar surface area (TPSA) is 90.4 Å². The molecule has 2 heterocycles. The molecule has 0 aliphatic carbocycles. The monoisotopic (exact) mass is 337 g/mol. The Balaban J connectivity index is 2.28. The summed E-state index contributed by atoms with van der Waals surface area (Å²) in [5.74, 6) is 0.235. The van der Waals surface area contributed by atoms with Crippen molar-refractivity contribution < 1.29 is 9.84 Å². The Kier molecular flexibility index (Phi) is 3.45. The molecule has 3 N–H and O–H groups in total. The van der Waals surface area contributed by atoms with Crippen LogP contribution in [0.5, 0.6) is 0 Å². The molecule has 0 saturated carbocycles. The highest BCUT2D eigenvalue weighted by molar-refractivity contribution is 14.1. The Labute approximate surface area is 106 Å². The van der Waals surface area contributed by atoms with Crippen molar-refractivity contribution in [1.29, 1.82) is 0 Å². The maximum Gasteiger partial charge on any atom is 0.351 e. The van der Waals surface area contributed by atoms with Crippen LogP contribution in [0.25, 0.3) is 0 Å². The van der Waals surface area contributed by atoms with Crippen molar-refractivity contribution in [2.24, 2.45) is 0 Å². The summed E-state index contributed by atoms with van der Waals surface area (Å²) < 4.78 is 7.64. The lowest BCUT2D eigenvalue weighted by Gasteiger charge is -2.15. The Morgan fingerprint density at radius 1 is 1.69 bits per heavy atom. The molecule has 1 fully saturated rings. The molecule has 1 unspecified atom stereocenters. The van der Waals surface area contributed by atoms with Crippen LogP contribution in [0.1, 0.15) is 19.1 Å². The van der Waals surface area contributed by atoms with Gasteiger partial charge in [0.25, 0.3) is 0 Å². The van der Waals surface area contributed by atoms with Crippen LogP contribution in [0.4, 0.5) is 5.82 Å². The third kappa shape index (κ3) is 2.20. The van der Waals surface area contributed by atoms with E-state index in [1.807, 2.05) is 22.6 Å². The van der Waals surface area contributed by atoms with Crippen LogP contribution in [0.15, 0.2) is 11.0 Å². The van der Waals surface area contributed by atoms with Crippen LogP contribution >= 0.6 is 22.6 Å². The summed E-state index contributed by atoms with van der Waals surface area (Å²) in [7, 11) is 0. The Morgan fingerprint density at radius 3 is 3.06 bits per heavy atom. The standard InChI is InChI=1S/C9H12IN3O3/c10-6-3-13(9(15)12-8(6)11)7-2-1-5(4-14)16-7/h3,5,7,14H,1-2,4H2,(H2,11,12,15)/t5-,7?/m0/s1. The van der Waals surface area contributed by atoms with Crippen molar-refractivity contribution in [2.45, 2.75) is 25.2 Å². The zero-order chi connectivity index (χ0) is 11.7. The predicted octanol–water partition coefficient (Wildman–Crippen LogP) is 0.1000. The SMILES string of the molecule is Nc1nc(=O)n(C2CC[C@@H](CO)O2)cc1I. The third-order valence-electron chi connectivity index (χ3n) is 2.53. The first-order chi connectivity index (χ1) is 7.61. The molecule has 2 rings (SSSR count). The Hall–Kier alpha value is -0.670. The number of hydrogen-bond donors (Lipinski definition) is 2. The van der Waals surface area contributed by atoms with Crippen molar-refractivity contribution in [2.75, 3.05) is 12.3 Å². The minimum Gasteiger partial charge on any atom is -0.394 e. The number of nitrogens with two attached hydrogens (primary N) is 1. The summed E-state index contributed by atoms with van der Waals surface area (Å²) in [6.45, 7) is -0.0231. The molecular formula is C9H12IN3O3. The number of nitrogens with zero attached hydrogens (tertiary/aromatic N) is 2. The first kappa shape index (κ1) is 11.8. The van der Waals surface area contributed by atoms with Crippen LogP contribution < -0.4 is 11.4 Å². The van der Waals surface area contributed by atoms with Gasteiger partial charge in [0.15, 0.2) is 0 Å². The van der Waals surface area contributed by atoms with E-state index in [0.29, 0.717) is 9.99 Å². The first-order valence-corrected chi connectivity index (χ1v) is 6.00. The molecule has 6 nitrogen and oxygen atoms in total. The molecule has 0 spiro atoms. The van der Waals surface area contributed by atoms with E-state index in [-0.39, 0.29) is 24.8 Å². The van der Waals surface area contributed by atoms with Gasteiger partial charge in [-0.3, -0.25) is 4.57 Å². The number of nitrogen functional groups attached to an aromatic ring is 1. The number of halogens is 1. The van der Waals surface area contributed by atoms with Crippen LogP contribution in [-0.4, -0.2) is 27.4 Å². The van der Waals surface area contributed by atoms with Gasteiger partial charge >= 0.3 is 5.69 Å². The molecule has 1 aliphatic heterocycles. The average molecular weight is 337 g/mol. The van der Waals surface area contributed by atoms with Gasteiger partial charge in [-0.15, -0.1) is 0 Å². The van der Waals surface area contributed by atoms with Crippen molar-refractivity contribution in [1.82, 2.24) is 9.55 Å². The Bertz CT molecular complexity index is 448. The van der Waals surface area contributed by atoms with E-state index >= 15 is 0 Å². The number of aromatic nitrogens is 2. The molecule has 0 bridgehead atoms. The highest BCUT2D eigenvalue weighted by Gasteiger charge is 2.27.